The first-order valence-corrected chi connectivity index (χ1v) is 6.25. The zero-order valence-electron chi connectivity index (χ0n) is 9.24. The first-order chi connectivity index (χ1) is 7.70. The monoisotopic (exact) mass is 282 g/mol. The van der Waals surface area contributed by atoms with E-state index >= 15 is 0 Å². The van der Waals surface area contributed by atoms with E-state index in [1.54, 1.807) is 0 Å². The summed E-state index contributed by atoms with van der Waals surface area (Å²) in [5.41, 5.74) is 1.97. The van der Waals surface area contributed by atoms with Crippen molar-refractivity contribution in [1.82, 2.24) is 0 Å². The van der Waals surface area contributed by atoms with Crippen molar-refractivity contribution in [1.29, 1.82) is 0 Å². The fraction of sp³-hybridized carbons (Fsp3) is 0.385. The molecule has 1 unspecified atom stereocenters. The third kappa shape index (κ3) is 2.30. The molecule has 0 spiro atoms. The predicted octanol–water partition coefficient (Wildman–Crippen LogP) is 3.49. The maximum atomic E-state index is 10.2. The molecule has 0 bridgehead atoms. The summed E-state index contributed by atoms with van der Waals surface area (Å²) in [5, 5.41) is 10.2. The molecule has 1 aromatic rings. The van der Waals surface area contributed by atoms with Gasteiger partial charge >= 0.3 is 0 Å². The van der Waals surface area contributed by atoms with Gasteiger partial charge in [0.2, 0.25) is 0 Å². The summed E-state index contributed by atoms with van der Waals surface area (Å²) in [5.74, 6) is 0.687. The van der Waals surface area contributed by atoms with E-state index in [4.69, 9.17) is 4.74 Å². The highest BCUT2D eigenvalue weighted by molar-refractivity contribution is 9.10. The number of hydrogen-bond acceptors (Lipinski definition) is 2. The van der Waals surface area contributed by atoms with Crippen molar-refractivity contribution >= 4 is 15.9 Å². The minimum Gasteiger partial charge on any atom is -0.495 e. The van der Waals surface area contributed by atoms with Crippen molar-refractivity contribution in [3.8, 4) is 0 Å². The quantitative estimate of drug-likeness (QED) is 0.900. The zero-order valence-corrected chi connectivity index (χ0v) is 10.8. The van der Waals surface area contributed by atoms with Crippen LogP contribution in [0.3, 0.4) is 0 Å². The van der Waals surface area contributed by atoms with Crippen LogP contribution >= 0.6 is 15.9 Å². The summed E-state index contributed by atoms with van der Waals surface area (Å²) in [4.78, 5) is 0. The maximum absolute atomic E-state index is 10.2. The molecule has 0 aliphatic carbocycles. The Kier molecular flexibility index (Phi) is 3.66. The lowest BCUT2D eigenvalue weighted by molar-refractivity contribution is 0.0914. The van der Waals surface area contributed by atoms with E-state index in [0.717, 1.165) is 28.4 Å². The predicted molar refractivity (Wildman–Crippen MR) is 67.1 cm³/mol. The minimum atomic E-state index is -0.641. The highest BCUT2D eigenvalue weighted by Crippen LogP contribution is 2.30. The fourth-order valence-corrected chi connectivity index (χ4v) is 2.22. The fourth-order valence-electron chi connectivity index (χ4n) is 1.84. The highest BCUT2D eigenvalue weighted by atomic mass is 79.9. The van der Waals surface area contributed by atoms with Crippen LogP contribution in [0.15, 0.2) is 34.5 Å². The molecule has 0 saturated carbocycles. The number of rotatable bonds is 2. The van der Waals surface area contributed by atoms with Crippen LogP contribution in [-0.4, -0.2) is 11.7 Å². The molecule has 3 heteroatoms. The molecule has 0 aromatic heterocycles. The van der Waals surface area contributed by atoms with Gasteiger partial charge in [0, 0.05) is 4.47 Å². The zero-order chi connectivity index (χ0) is 11.5. The first kappa shape index (κ1) is 11.7. The van der Waals surface area contributed by atoms with Crippen molar-refractivity contribution in [2.24, 2.45) is 0 Å². The molecular formula is C13H15BrO2. The van der Waals surface area contributed by atoms with Crippen LogP contribution in [0.1, 0.15) is 30.1 Å². The molecular weight excluding hydrogens is 268 g/mol. The summed E-state index contributed by atoms with van der Waals surface area (Å²) < 4.78 is 6.50. The standard InChI is InChI=1S/C13H15BrO2/c1-9-10(5-4-6-11(9)14)13(15)12-7-2-3-8-16-12/h4-7,13,15H,2-3,8H2,1H3. The Labute approximate surface area is 104 Å². The molecule has 1 heterocycles. The molecule has 0 amide bonds. The second-order valence-corrected chi connectivity index (χ2v) is 4.81. The SMILES string of the molecule is Cc1c(Br)cccc1C(O)C1=CCCCO1. The van der Waals surface area contributed by atoms with E-state index in [0.29, 0.717) is 12.4 Å². The molecule has 2 rings (SSSR count). The summed E-state index contributed by atoms with van der Waals surface area (Å²) in [6.07, 6.45) is 3.36. The third-order valence-electron chi connectivity index (χ3n) is 2.84. The van der Waals surface area contributed by atoms with Gasteiger partial charge in [-0.3, -0.25) is 0 Å². The van der Waals surface area contributed by atoms with E-state index in [1.165, 1.54) is 0 Å². The van der Waals surface area contributed by atoms with Crippen LogP contribution < -0.4 is 0 Å². The molecule has 1 aliphatic heterocycles. The van der Waals surface area contributed by atoms with Crippen LogP contribution in [0.2, 0.25) is 0 Å². The van der Waals surface area contributed by atoms with Gasteiger partial charge in [-0.15, -0.1) is 0 Å². The van der Waals surface area contributed by atoms with Crippen molar-refractivity contribution in [3.63, 3.8) is 0 Å². The molecule has 1 atom stereocenters. The van der Waals surface area contributed by atoms with Crippen LogP contribution in [0, 0.1) is 6.92 Å². The number of allylic oxidation sites excluding steroid dienone is 1. The van der Waals surface area contributed by atoms with Gasteiger partial charge in [0.25, 0.3) is 0 Å². The Balaban J connectivity index is 2.29. The van der Waals surface area contributed by atoms with Crippen molar-refractivity contribution in [3.05, 3.63) is 45.6 Å². The van der Waals surface area contributed by atoms with Gasteiger partial charge in [-0.1, -0.05) is 28.1 Å². The van der Waals surface area contributed by atoms with Crippen LogP contribution in [0.5, 0.6) is 0 Å². The topological polar surface area (TPSA) is 29.5 Å². The lowest BCUT2D eigenvalue weighted by Gasteiger charge is -2.21. The average molecular weight is 283 g/mol. The van der Waals surface area contributed by atoms with Gasteiger partial charge in [-0.25, -0.2) is 0 Å². The van der Waals surface area contributed by atoms with Gasteiger partial charge in [0.05, 0.1) is 6.61 Å². The lowest BCUT2D eigenvalue weighted by Crippen LogP contribution is -2.11. The molecule has 16 heavy (non-hydrogen) atoms. The normalized spacial score (nSPS) is 17.6. The van der Waals surface area contributed by atoms with Gasteiger partial charge < -0.3 is 9.84 Å². The Morgan fingerprint density at radius 3 is 2.94 bits per heavy atom. The van der Waals surface area contributed by atoms with E-state index in [9.17, 15) is 5.11 Å². The molecule has 0 radical (unpaired) electrons. The van der Waals surface area contributed by atoms with Crippen molar-refractivity contribution < 1.29 is 9.84 Å². The Morgan fingerprint density at radius 2 is 2.25 bits per heavy atom. The lowest BCUT2D eigenvalue weighted by atomic mass is 10.0. The summed E-state index contributed by atoms with van der Waals surface area (Å²) in [6.45, 7) is 2.70. The highest BCUT2D eigenvalue weighted by Gasteiger charge is 2.19. The number of hydrogen-bond donors (Lipinski definition) is 1. The third-order valence-corrected chi connectivity index (χ3v) is 3.70. The summed E-state index contributed by atoms with van der Waals surface area (Å²) in [7, 11) is 0. The molecule has 86 valence electrons. The van der Waals surface area contributed by atoms with Crippen molar-refractivity contribution in [2.45, 2.75) is 25.9 Å². The van der Waals surface area contributed by atoms with Crippen LogP contribution in [-0.2, 0) is 4.74 Å². The van der Waals surface area contributed by atoms with Gasteiger partial charge in [-0.05, 0) is 43.0 Å². The average Bonchev–Trinajstić information content (AvgIpc) is 2.33. The Bertz CT molecular complexity index is 412. The molecule has 1 aromatic carbocycles. The largest absolute Gasteiger partial charge is 0.495 e. The van der Waals surface area contributed by atoms with E-state index in [2.05, 4.69) is 15.9 Å². The number of aliphatic hydroxyl groups is 1. The van der Waals surface area contributed by atoms with E-state index in [1.807, 2.05) is 31.2 Å². The Morgan fingerprint density at radius 1 is 1.44 bits per heavy atom. The molecule has 0 saturated heterocycles. The Hall–Kier alpha value is -0.800. The van der Waals surface area contributed by atoms with Gasteiger partial charge in [-0.2, -0.15) is 0 Å². The smallest absolute Gasteiger partial charge is 0.136 e. The van der Waals surface area contributed by atoms with Crippen molar-refractivity contribution in [2.75, 3.05) is 6.61 Å². The summed E-state index contributed by atoms with van der Waals surface area (Å²) >= 11 is 3.47. The second kappa shape index (κ2) is 5.02. The number of ether oxygens (including phenoxy) is 1. The second-order valence-electron chi connectivity index (χ2n) is 3.95. The molecule has 1 N–H and O–H groups in total. The first-order valence-electron chi connectivity index (χ1n) is 5.46. The molecule has 2 nitrogen and oxygen atoms in total. The van der Waals surface area contributed by atoms with Crippen LogP contribution in [0.4, 0.5) is 0 Å². The minimum absolute atomic E-state index is 0.641. The number of halogens is 1. The van der Waals surface area contributed by atoms with Gasteiger partial charge in [0.15, 0.2) is 0 Å². The number of aliphatic hydroxyl groups excluding tert-OH is 1. The maximum Gasteiger partial charge on any atom is 0.136 e. The molecule has 0 fully saturated rings. The van der Waals surface area contributed by atoms with E-state index in [-0.39, 0.29) is 0 Å². The van der Waals surface area contributed by atoms with Crippen LogP contribution in [0.25, 0.3) is 0 Å². The summed E-state index contributed by atoms with van der Waals surface area (Å²) in [6, 6.07) is 5.84. The number of benzene rings is 1. The molecule has 1 aliphatic rings. The van der Waals surface area contributed by atoms with E-state index < -0.39 is 6.10 Å². The van der Waals surface area contributed by atoms with Gasteiger partial charge in [0.1, 0.15) is 11.9 Å².